The minimum absolute atomic E-state index is 0.0462. The molecule has 0 aliphatic heterocycles. The maximum absolute atomic E-state index is 13.5. The van der Waals surface area contributed by atoms with Gasteiger partial charge in [-0.25, -0.2) is 0 Å². The first-order valence-corrected chi connectivity index (χ1v) is 12.7. The van der Waals surface area contributed by atoms with Crippen LogP contribution in [0.15, 0.2) is 46.9 Å². The maximum Gasteiger partial charge on any atom is 0.242 e. The maximum atomic E-state index is 13.5. The zero-order valence-corrected chi connectivity index (χ0v) is 21.4. The van der Waals surface area contributed by atoms with Gasteiger partial charge in [0.05, 0.1) is 13.1 Å². The van der Waals surface area contributed by atoms with Crippen molar-refractivity contribution in [3.63, 3.8) is 0 Å². The van der Waals surface area contributed by atoms with Crippen LogP contribution in [0.25, 0.3) is 0 Å². The molecule has 1 heterocycles. The Morgan fingerprint density at radius 3 is 2.35 bits per heavy atom. The van der Waals surface area contributed by atoms with Gasteiger partial charge in [0.15, 0.2) is 0 Å². The first-order valence-electron chi connectivity index (χ1n) is 12.7. The molecule has 0 saturated heterocycles. The van der Waals surface area contributed by atoms with Crippen molar-refractivity contribution in [2.45, 2.75) is 72.9 Å². The van der Waals surface area contributed by atoms with E-state index in [1.54, 1.807) is 9.80 Å². The van der Waals surface area contributed by atoms with Crippen LogP contribution in [0, 0.1) is 12.8 Å². The second kappa shape index (κ2) is 15.3. The van der Waals surface area contributed by atoms with Crippen LogP contribution in [0.1, 0.15) is 70.0 Å². The molecule has 2 aromatic rings. The van der Waals surface area contributed by atoms with Crippen molar-refractivity contribution in [3.8, 4) is 0 Å². The van der Waals surface area contributed by atoms with Gasteiger partial charge in [-0.05, 0) is 50.8 Å². The molecule has 0 N–H and O–H groups in total. The molecule has 0 aliphatic rings. The Kier molecular flexibility index (Phi) is 12.5. The van der Waals surface area contributed by atoms with Crippen LogP contribution in [0.2, 0.25) is 0 Å². The van der Waals surface area contributed by atoms with Crippen LogP contribution in [0.3, 0.4) is 0 Å². The molecule has 1 atom stereocenters. The SMILES string of the molecule is CCCC[C@H](CC)C(=O)N(CCCOCC)CC(=O)N(Cc1ccccc1)Cc1ccc(C)o1. The molecule has 188 valence electrons. The van der Waals surface area contributed by atoms with Crippen molar-refractivity contribution < 1.29 is 18.7 Å². The van der Waals surface area contributed by atoms with Gasteiger partial charge in [-0.2, -0.15) is 0 Å². The van der Waals surface area contributed by atoms with Crippen LogP contribution in [-0.4, -0.2) is 47.9 Å². The highest BCUT2D eigenvalue weighted by molar-refractivity contribution is 5.86. The lowest BCUT2D eigenvalue weighted by molar-refractivity contribution is -0.144. The molecule has 0 spiro atoms. The zero-order chi connectivity index (χ0) is 24.8. The molecule has 0 fully saturated rings. The highest BCUT2D eigenvalue weighted by Gasteiger charge is 2.26. The number of rotatable bonds is 16. The summed E-state index contributed by atoms with van der Waals surface area (Å²) in [4.78, 5) is 30.5. The number of nitrogens with zero attached hydrogens (tertiary/aromatic N) is 2. The summed E-state index contributed by atoms with van der Waals surface area (Å²) < 4.78 is 11.2. The third-order valence-electron chi connectivity index (χ3n) is 6.02. The zero-order valence-electron chi connectivity index (χ0n) is 21.4. The first-order chi connectivity index (χ1) is 16.5. The quantitative estimate of drug-likeness (QED) is 0.300. The first kappa shape index (κ1) is 27.6. The number of ether oxygens (including phenoxy) is 1. The predicted molar refractivity (Wildman–Crippen MR) is 135 cm³/mol. The topological polar surface area (TPSA) is 63.0 Å². The monoisotopic (exact) mass is 470 g/mol. The third kappa shape index (κ3) is 9.34. The summed E-state index contributed by atoms with van der Waals surface area (Å²) in [7, 11) is 0. The van der Waals surface area contributed by atoms with E-state index >= 15 is 0 Å². The largest absolute Gasteiger partial charge is 0.464 e. The number of benzene rings is 1. The van der Waals surface area contributed by atoms with Crippen molar-refractivity contribution in [2.24, 2.45) is 5.92 Å². The molecular formula is C28H42N2O4. The van der Waals surface area contributed by atoms with E-state index in [0.29, 0.717) is 39.3 Å². The lowest BCUT2D eigenvalue weighted by atomic mass is 9.97. The molecular weight excluding hydrogens is 428 g/mol. The van der Waals surface area contributed by atoms with Gasteiger partial charge >= 0.3 is 0 Å². The van der Waals surface area contributed by atoms with Crippen LogP contribution in [0.4, 0.5) is 0 Å². The minimum Gasteiger partial charge on any atom is -0.464 e. The van der Waals surface area contributed by atoms with Gasteiger partial charge in [0.25, 0.3) is 0 Å². The lowest BCUT2D eigenvalue weighted by Gasteiger charge is -2.30. The van der Waals surface area contributed by atoms with Crippen LogP contribution >= 0.6 is 0 Å². The van der Waals surface area contributed by atoms with Crippen molar-refractivity contribution in [3.05, 3.63) is 59.5 Å². The number of unbranched alkanes of at least 4 members (excludes halogenated alkanes) is 1. The summed E-state index contributed by atoms with van der Waals surface area (Å²) in [6, 6.07) is 13.7. The molecule has 6 heteroatoms. The van der Waals surface area contributed by atoms with Gasteiger partial charge in [-0.3, -0.25) is 9.59 Å². The Morgan fingerprint density at radius 2 is 1.74 bits per heavy atom. The Morgan fingerprint density at radius 1 is 0.971 bits per heavy atom. The molecule has 2 amide bonds. The van der Waals surface area contributed by atoms with E-state index in [4.69, 9.17) is 9.15 Å². The number of furan rings is 1. The Labute approximate surface area is 205 Å². The molecule has 0 saturated carbocycles. The second-order valence-electron chi connectivity index (χ2n) is 8.81. The molecule has 6 nitrogen and oxygen atoms in total. The molecule has 2 rings (SSSR count). The molecule has 1 aromatic heterocycles. The van der Waals surface area contributed by atoms with E-state index in [9.17, 15) is 9.59 Å². The van der Waals surface area contributed by atoms with Crippen LogP contribution in [0.5, 0.6) is 0 Å². The smallest absolute Gasteiger partial charge is 0.242 e. The summed E-state index contributed by atoms with van der Waals surface area (Å²) in [5.41, 5.74) is 1.04. The fraction of sp³-hybridized carbons (Fsp3) is 0.571. The average Bonchev–Trinajstić information content (AvgIpc) is 3.26. The van der Waals surface area contributed by atoms with Crippen molar-refractivity contribution in [1.82, 2.24) is 9.80 Å². The minimum atomic E-state index is -0.0759. The van der Waals surface area contributed by atoms with Crippen LogP contribution < -0.4 is 0 Å². The summed E-state index contributed by atoms with van der Waals surface area (Å²) in [5.74, 6) is 1.51. The fourth-order valence-corrected chi connectivity index (χ4v) is 4.04. The summed E-state index contributed by atoms with van der Waals surface area (Å²) in [6.07, 6.45) is 4.44. The molecule has 0 bridgehead atoms. The molecule has 0 aliphatic carbocycles. The van der Waals surface area contributed by atoms with E-state index < -0.39 is 0 Å². The highest BCUT2D eigenvalue weighted by atomic mass is 16.5. The normalized spacial score (nSPS) is 11.9. The molecule has 0 unspecified atom stereocenters. The van der Waals surface area contributed by atoms with E-state index in [1.807, 2.05) is 56.3 Å². The van der Waals surface area contributed by atoms with Gasteiger partial charge in [-0.1, -0.05) is 57.0 Å². The van der Waals surface area contributed by atoms with E-state index in [0.717, 1.165) is 42.8 Å². The van der Waals surface area contributed by atoms with Crippen molar-refractivity contribution in [1.29, 1.82) is 0 Å². The Bertz CT molecular complexity index is 849. The number of aryl methyl sites for hydroxylation is 1. The van der Waals surface area contributed by atoms with Gasteiger partial charge in [0, 0.05) is 32.2 Å². The molecule has 1 aromatic carbocycles. The summed E-state index contributed by atoms with van der Waals surface area (Å²) in [6.45, 7) is 10.7. The average molecular weight is 471 g/mol. The lowest BCUT2D eigenvalue weighted by Crippen LogP contribution is -2.45. The van der Waals surface area contributed by atoms with E-state index in [1.165, 1.54) is 0 Å². The van der Waals surface area contributed by atoms with Crippen molar-refractivity contribution in [2.75, 3.05) is 26.3 Å². The van der Waals surface area contributed by atoms with E-state index in [2.05, 4.69) is 13.8 Å². The summed E-state index contributed by atoms with van der Waals surface area (Å²) >= 11 is 0. The number of carbonyl (C=O) groups is 2. The third-order valence-corrected chi connectivity index (χ3v) is 6.02. The van der Waals surface area contributed by atoms with Crippen LogP contribution in [-0.2, 0) is 27.4 Å². The Balaban J connectivity index is 2.18. The van der Waals surface area contributed by atoms with Gasteiger partial charge in [0.2, 0.25) is 11.8 Å². The predicted octanol–water partition coefficient (Wildman–Crippen LogP) is 5.59. The Hall–Kier alpha value is -2.60. The van der Waals surface area contributed by atoms with Gasteiger partial charge in [-0.15, -0.1) is 0 Å². The highest BCUT2D eigenvalue weighted by Crippen LogP contribution is 2.18. The van der Waals surface area contributed by atoms with Crippen molar-refractivity contribution >= 4 is 11.8 Å². The van der Waals surface area contributed by atoms with Gasteiger partial charge < -0.3 is 19.0 Å². The molecule has 0 radical (unpaired) electrons. The van der Waals surface area contributed by atoms with Gasteiger partial charge in [0.1, 0.15) is 11.5 Å². The number of hydrogen-bond donors (Lipinski definition) is 0. The number of amides is 2. The summed E-state index contributed by atoms with van der Waals surface area (Å²) in [5, 5.41) is 0. The standard InChI is InChI=1S/C28H42N2O4/c1-5-8-15-25(6-2)28(32)29(18-12-19-33-7-3)22-27(31)30(20-24-13-10-9-11-14-24)21-26-17-16-23(4)34-26/h9-11,13-14,16-17,25H,5-8,12,15,18-22H2,1-4H3/t25-/m0/s1. The fourth-order valence-electron chi connectivity index (χ4n) is 4.04. The van der Waals surface area contributed by atoms with E-state index in [-0.39, 0.29) is 24.3 Å². The second-order valence-corrected chi connectivity index (χ2v) is 8.81. The molecule has 34 heavy (non-hydrogen) atoms. The number of carbonyl (C=O) groups excluding carboxylic acids is 2. The number of hydrogen-bond acceptors (Lipinski definition) is 4.